The maximum atomic E-state index is 4.37. The van der Waals surface area contributed by atoms with Crippen LogP contribution in [0.5, 0.6) is 0 Å². The molecule has 0 aromatic carbocycles. The van der Waals surface area contributed by atoms with E-state index in [1.807, 2.05) is 6.20 Å². The van der Waals surface area contributed by atoms with Gasteiger partial charge in [-0.15, -0.1) is 0 Å². The molecule has 1 heterocycles. The van der Waals surface area contributed by atoms with Crippen molar-refractivity contribution in [2.75, 3.05) is 13.6 Å². The Morgan fingerprint density at radius 3 is 2.71 bits per heavy atom. The van der Waals surface area contributed by atoms with Gasteiger partial charge in [0.15, 0.2) is 0 Å². The number of nitrogens with zero attached hydrogens (tertiary/aromatic N) is 2. The summed E-state index contributed by atoms with van der Waals surface area (Å²) in [5, 5.41) is 0. The SMILES string of the molecule is CCN(C)Cc1cc(C(C)C)ccn1. The first-order chi connectivity index (χ1) is 6.63. The minimum Gasteiger partial charge on any atom is -0.301 e. The summed E-state index contributed by atoms with van der Waals surface area (Å²) >= 11 is 0. The molecule has 0 saturated heterocycles. The van der Waals surface area contributed by atoms with E-state index in [-0.39, 0.29) is 0 Å². The molecule has 14 heavy (non-hydrogen) atoms. The quantitative estimate of drug-likeness (QED) is 0.729. The van der Waals surface area contributed by atoms with Crippen molar-refractivity contribution in [1.82, 2.24) is 9.88 Å². The average Bonchev–Trinajstić information content (AvgIpc) is 2.18. The summed E-state index contributed by atoms with van der Waals surface area (Å²) in [6.45, 7) is 8.59. The fourth-order valence-electron chi connectivity index (χ4n) is 1.33. The Kier molecular flexibility index (Phi) is 4.08. The molecule has 0 atom stereocenters. The maximum Gasteiger partial charge on any atom is 0.0546 e. The van der Waals surface area contributed by atoms with E-state index in [2.05, 4.69) is 49.8 Å². The lowest BCUT2D eigenvalue weighted by atomic mass is 10.0. The van der Waals surface area contributed by atoms with Gasteiger partial charge >= 0.3 is 0 Å². The highest BCUT2D eigenvalue weighted by Gasteiger charge is 2.02. The Morgan fingerprint density at radius 1 is 1.43 bits per heavy atom. The van der Waals surface area contributed by atoms with Crippen molar-refractivity contribution in [3.63, 3.8) is 0 Å². The van der Waals surface area contributed by atoms with Gasteiger partial charge in [-0.25, -0.2) is 0 Å². The summed E-state index contributed by atoms with van der Waals surface area (Å²) in [6, 6.07) is 4.30. The van der Waals surface area contributed by atoms with E-state index in [9.17, 15) is 0 Å². The van der Waals surface area contributed by atoms with Gasteiger partial charge in [-0.2, -0.15) is 0 Å². The van der Waals surface area contributed by atoms with Gasteiger partial charge in [-0.1, -0.05) is 20.8 Å². The Morgan fingerprint density at radius 2 is 2.14 bits per heavy atom. The van der Waals surface area contributed by atoms with Crippen LogP contribution in [-0.4, -0.2) is 23.5 Å². The zero-order chi connectivity index (χ0) is 10.6. The molecule has 78 valence electrons. The van der Waals surface area contributed by atoms with Gasteiger partial charge in [0.1, 0.15) is 0 Å². The Hall–Kier alpha value is -0.890. The zero-order valence-electron chi connectivity index (χ0n) is 9.62. The third-order valence-corrected chi connectivity index (χ3v) is 2.48. The number of hydrogen-bond acceptors (Lipinski definition) is 2. The molecule has 0 amide bonds. The van der Waals surface area contributed by atoms with Gasteiger partial charge in [-0.05, 0) is 37.2 Å². The van der Waals surface area contributed by atoms with E-state index >= 15 is 0 Å². The van der Waals surface area contributed by atoms with Crippen molar-refractivity contribution >= 4 is 0 Å². The second-order valence-corrected chi connectivity index (χ2v) is 4.07. The van der Waals surface area contributed by atoms with Crippen LogP contribution in [0.25, 0.3) is 0 Å². The lowest BCUT2D eigenvalue weighted by Gasteiger charge is -2.14. The predicted octanol–water partition coefficient (Wildman–Crippen LogP) is 2.66. The molecule has 1 aromatic heterocycles. The minimum absolute atomic E-state index is 0.587. The van der Waals surface area contributed by atoms with Crippen LogP contribution >= 0.6 is 0 Å². The first-order valence-electron chi connectivity index (χ1n) is 5.26. The fraction of sp³-hybridized carbons (Fsp3) is 0.583. The molecule has 0 aliphatic carbocycles. The maximum absolute atomic E-state index is 4.37. The largest absolute Gasteiger partial charge is 0.301 e. The normalized spacial score (nSPS) is 11.3. The third kappa shape index (κ3) is 3.11. The fourth-order valence-corrected chi connectivity index (χ4v) is 1.33. The van der Waals surface area contributed by atoms with Crippen molar-refractivity contribution in [1.29, 1.82) is 0 Å². The molecular weight excluding hydrogens is 172 g/mol. The van der Waals surface area contributed by atoms with Crippen LogP contribution in [0.15, 0.2) is 18.3 Å². The first kappa shape index (κ1) is 11.2. The van der Waals surface area contributed by atoms with E-state index in [1.54, 1.807) is 0 Å². The number of pyridine rings is 1. The highest BCUT2D eigenvalue weighted by atomic mass is 15.1. The molecule has 1 rings (SSSR count). The Labute approximate surface area is 87.0 Å². The standard InChI is InChI=1S/C12H20N2/c1-5-14(4)9-12-8-11(10(2)3)6-7-13-12/h6-8,10H,5,9H2,1-4H3. The van der Waals surface area contributed by atoms with Gasteiger partial charge in [-0.3, -0.25) is 4.98 Å². The van der Waals surface area contributed by atoms with Crippen molar-refractivity contribution in [2.45, 2.75) is 33.2 Å². The van der Waals surface area contributed by atoms with Crippen LogP contribution in [0.2, 0.25) is 0 Å². The summed E-state index contributed by atoms with van der Waals surface area (Å²) < 4.78 is 0. The highest BCUT2D eigenvalue weighted by Crippen LogP contribution is 2.14. The molecule has 0 fully saturated rings. The molecule has 0 aliphatic heterocycles. The molecular formula is C12H20N2. The summed E-state index contributed by atoms with van der Waals surface area (Å²) in [6.07, 6.45) is 1.91. The van der Waals surface area contributed by atoms with Crippen LogP contribution < -0.4 is 0 Å². The Bertz CT molecular complexity index is 281. The monoisotopic (exact) mass is 192 g/mol. The van der Waals surface area contributed by atoms with Gasteiger partial charge in [0.2, 0.25) is 0 Å². The van der Waals surface area contributed by atoms with Crippen molar-refractivity contribution in [3.05, 3.63) is 29.6 Å². The highest BCUT2D eigenvalue weighted by molar-refractivity contribution is 5.19. The van der Waals surface area contributed by atoms with Crippen molar-refractivity contribution < 1.29 is 0 Å². The molecule has 2 nitrogen and oxygen atoms in total. The van der Waals surface area contributed by atoms with Gasteiger partial charge < -0.3 is 4.90 Å². The molecule has 0 unspecified atom stereocenters. The summed E-state index contributed by atoms with van der Waals surface area (Å²) in [5.74, 6) is 0.587. The van der Waals surface area contributed by atoms with Crippen molar-refractivity contribution in [2.24, 2.45) is 0 Å². The number of aromatic nitrogens is 1. The summed E-state index contributed by atoms with van der Waals surface area (Å²) in [4.78, 5) is 6.62. The van der Waals surface area contributed by atoms with Gasteiger partial charge in [0.25, 0.3) is 0 Å². The molecule has 0 N–H and O–H groups in total. The lowest BCUT2D eigenvalue weighted by molar-refractivity contribution is 0.341. The third-order valence-electron chi connectivity index (χ3n) is 2.48. The van der Waals surface area contributed by atoms with Gasteiger partial charge in [0, 0.05) is 12.7 Å². The smallest absolute Gasteiger partial charge is 0.0546 e. The molecule has 2 heteroatoms. The van der Waals surface area contributed by atoms with Crippen LogP contribution in [0, 0.1) is 0 Å². The lowest BCUT2D eigenvalue weighted by Crippen LogP contribution is -2.17. The van der Waals surface area contributed by atoms with E-state index < -0.39 is 0 Å². The van der Waals surface area contributed by atoms with Crippen LogP contribution in [0.4, 0.5) is 0 Å². The van der Waals surface area contributed by atoms with E-state index in [1.165, 1.54) is 11.3 Å². The number of rotatable bonds is 4. The first-order valence-corrected chi connectivity index (χ1v) is 5.26. The second kappa shape index (κ2) is 5.11. The van der Waals surface area contributed by atoms with E-state index in [0.29, 0.717) is 5.92 Å². The summed E-state index contributed by atoms with van der Waals surface area (Å²) in [5.41, 5.74) is 2.54. The molecule has 0 saturated carbocycles. The van der Waals surface area contributed by atoms with Crippen LogP contribution in [0.3, 0.4) is 0 Å². The zero-order valence-corrected chi connectivity index (χ0v) is 9.62. The molecule has 0 radical (unpaired) electrons. The molecule has 1 aromatic rings. The molecule has 0 bridgehead atoms. The van der Waals surface area contributed by atoms with E-state index in [4.69, 9.17) is 0 Å². The van der Waals surface area contributed by atoms with Crippen LogP contribution in [-0.2, 0) is 6.54 Å². The average molecular weight is 192 g/mol. The summed E-state index contributed by atoms with van der Waals surface area (Å²) in [7, 11) is 2.11. The van der Waals surface area contributed by atoms with Crippen molar-refractivity contribution in [3.8, 4) is 0 Å². The number of hydrogen-bond donors (Lipinski definition) is 0. The second-order valence-electron chi connectivity index (χ2n) is 4.07. The molecule has 0 spiro atoms. The Balaban J connectivity index is 2.73. The molecule has 0 aliphatic rings. The van der Waals surface area contributed by atoms with Gasteiger partial charge in [0.05, 0.1) is 5.69 Å². The predicted molar refractivity (Wildman–Crippen MR) is 60.3 cm³/mol. The minimum atomic E-state index is 0.587. The topological polar surface area (TPSA) is 16.1 Å². The van der Waals surface area contributed by atoms with E-state index in [0.717, 1.165) is 13.1 Å². The van der Waals surface area contributed by atoms with Crippen LogP contribution in [0.1, 0.15) is 37.9 Å².